The van der Waals surface area contributed by atoms with E-state index in [9.17, 15) is 14.4 Å². The van der Waals surface area contributed by atoms with Gasteiger partial charge in [0.15, 0.2) is 0 Å². The predicted molar refractivity (Wildman–Crippen MR) is 139 cm³/mol. The first-order valence-electron chi connectivity index (χ1n) is 12.4. The Hall–Kier alpha value is -3.68. The van der Waals surface area contributed by atoms with Crippen LogP contribution >= 0.6 is 0 Å². The van der Waals surface area contributed by atoms with E-state index in [0.29, 0.717) is 36.4 Å². The van der Waals surface area contributed by atoms with Gasteiger partial charge < -0.3 is 21.1 Å². The monoisotopic (exact) mass is 492 g/mol. The minimum atomic E-state index is -0.896. The second kappa shape index (κ2) is 11.8. The zero-order valence-electron chi connectivity index (χ0n) is 20.9. The number of nitrogens with zero attached hydrogens (tertiary/aromatic N) is 1. The summed E-state index contributed by atoms with van der Waals surface area (Å²) < 4.78 is 0. The van der Waals surface area contributed by atoms with E-state index in [4.69, 9.17) is 16.2 Å². The van der Waals surface area contributed by atoms with Crippen molar-refractivity contribution in [3.05, 3.63) is 72.0 Å². The Morgan fingerprint density at radius 1 is 1.14 bits per heavy atom. The molecule has 8 heteroatoms. The fourth-order valence-electron chi connectivity index (χ4n) is 4.67. The van der Waals surface area contributed by atoms with Crippen LogP contribution in [0, 0.1) is 22.7 Å². The molecule has 1 aliphatic heterocycles. The summed E-state index contributed by atoms with van der Waals surface area (Å²) in [4.78, 5) is 39.5. The van der Waals surface area contributed by atoms with Crippen LogP contribution < -0.4 is 11.1 Å². The molecule has 1 heterocycles. The van der Waals surface area contributed by atoms with E-state index in [1.807, 2.05) is 26.0 Å². The molecule has 36 heavy (non-hydrogen) atoms. The number of nitrogen functional groups attached to an aromatic ring is 1. The number of hydrogen-bond acceptors (Lipinski definition) is 4. The number of aliphatic carboxylic acids is 1. The molecule has 0 fully saturated rings. The van der Waals surface area contributed by atoms with Crippen LogP contribution in [0.5, 0.6) is 0 Å². The lowest BCUT2D eigenvalue weighted by Crippen LogP contribution is -2.53. The highest BCUT2D eigenvalue weighted by molar-refractivity contribution is 5.98. The van der Waals surface area contributed by atoms with Crippen molar-refractivity contribution in [2.45, 2.75) is 52.0 Å². The maximum absolute atomic E-state index is 13.6. The number of carboxylic acids is 1. The number of nitrogens with one attached hydrogen (secondary N) is 2. The van der Waals surface area contributed by atoms with Crippen LogP contribution in [0.2, 0.25) is 0 Å². The van der Waals surface area contributed by atoms with Crippen molar-refractivity contribution in [3.63, 3.8) is 0 Å². The van der Waals surface area contributed by atoms with Crippen LogP contribution in [-0.4, -0.2) is 46.2 Å². The normalized spacial score (nSPS) is 20.1. The number of benzene rings is 1. The molecule has 8 nitrogen and oxygen atoms in total. The lowest BCUT2D eigenvalue weighted by atomic mass is 9.78. The van der Waals surface area contributed by atoms with E-state index in [1.165, 1.54) is 0 Å². The fourth-order valence-corrected chi connectivity index (χ4v) is 4.67. The van der Waals surface area contributed by atoms with Gasteiger partial charge in [-0.1, -0.05) is 42.5 Å². The van der Waals surface area contributed by atoms with Crippen molar-refractivity contribution in [1.82, 2.24) is 10.2 Å². The molecule has 3 rings (SSSR count). The number of amidine groups is 1. The second-order valence-electron chi connectivity index (χ2n) is 10.1. The topological polar surface area (TPSA) is 137 Å². The Kier molecular flexibility index (Phi) is 8.85. The number of amides is 2. The average molecular weight is 493 g/mol. The molecule has 2 amide bonds. The molecule has 5 N–H and O–H groups in total. The van der Waals surface area contributed by atoms with E-state index in [1.54, 1.807) is 41.4 Å². The average Bonchev–Trinajstić information content (AvgIpc) is 2.86. The molecule has 1 aromatic carbocycles. The highest BCUT2D eigenvalue weighted by Crippen LogP contribution is 2.31. The van der Waals surface area contributed by atoms with E-state index in [0.717, 1.165) is 12.8 Å². The van der Waals surface area contributed by atoms with Gasteiger partial charge in [-0.2, -0.15) is 0 Å². The summed E-state index contributed by atoms with van der Waals surface area (Å²) in [6.07, 6.45) is 14.8. The molecule has 192 valence electrons. The highest BCUT2D eigenvalue weighted by Gasteiger charge is 2.40. The van der Waals surface area contributed by atoms with Crippen molar-refractivity contribution in [2.24, 2.45) is 23.0 Å². The molecule has 1 aromatic rings. The standard InChI is InChI=1S/C28H36N4O4/c1-28(2,27(36)32-16-14-20(15-17-32)18-24(33)34)23(13-8-19-6-4-3-5-7-19)31-26(35)22-11-9-21(10-12-22)25(29)30/h3-6,9-12,14,16,19-20,23H,7-8,13,15,17-18H2,1-2H3,(H3,29,30)(H,31,35)(H,33,34). The molecule has 1 aliphatic carbocycles. The van der Waals surface area contributed by atoms with Crippen LogP contribution in [0.4, 0.5) is 0 Å². The minimum Gasteiger partial charge on any atom is -0.481 e. The zero-order valence-corrected chi connectivity index (χ0v) is 20.9. The highest BCUT2D eigenvalue weighted by atomic mass is 16.4. The summed E-state index contributed by atoms with van der Waals surface area (Å²) in [6, 6.07) is 6.10. The first kappa shape index (κ1) is 26.9. The summed E-state index contributed by atoms with van der Waals surface area (Å²) in [5.74, 6) is -1.05. The molecule has 0 saturated heterocycles. The van der Waals surface area contributed by atoms with Crippen molar-refractivity contribution in [3.8, 4) is 0 Å². The minimum absolute atomic E-state index is 0.0480. The van der Waals surface area contributed by atoms with Gasteiger partial charge in [0.05, 0.1) is 11.8 Å². The lowest BCUT2D eigenvalue weighted by Gasteiger charge is -2.38. The molecule has 0 aromatic heterocycles. The number of carboxylic acid groups (broad SMARTS) is 1. The molecule has 2 aliphatic rings. The van der Waals surface area contributed by atoms with Gasteiger partial charge in [0.2, 0.25) is 5.91 Å². The number of carbonyl (C=O) groups excluding carboxylic acids is 2. The number of allylic oxidation sites excluding steroid dienone is 5. The molecule has 0 radical (unpaired) electrons. The van der Waals surface area contributed by atoms with Crippen molar-refractivity contribution in [2.75, 3.05) is 6.54 Å². The van der Waals surface area contributed by atoms with E-state index in [2.05, 4.69) is 17.5 Å². The summed E-state index contributed by atoms with van der Waals surface area (Å²) in [5, 5.41) is 19.7. The van der Waals surface area contributed by atoms with E-state index in [-0.39, 0.29) is 30.0 Å². The van der Waals surface area contributed by atoms with Crippen molar-refractivity contribution in [1.29, 1.82) is 5.41 Å². The SMILES string of the molecule is CC(C)(C(=O)N1C=CC(CC(=O)O)CC1)C(CCC1C=CC=CC1)NC(=O)c1ccc(C(=N)N)cc1. The smallest absolute Gasteiger partial charge is 0.303 e. The molecule has 0 bridgehead atoms. The van der Waals surface area contributed by atoms with Crippen LogP contribution in [0.25, 0.3) is 0 Å². The molecular weight excluding hydrogens is 456 g/mol. The van der Waals surface area contributed by atoms with Gasteiger partial charge in [0.1, 0.15) is 5.84 Å². The molecule has 0 spiro atoms. The van der Waals surface area contributed by atoms with Crippen molar-refractivity contribution >= 4 is 23.6 Å². The molecule has 0 saturated carbocycles. The van der Waals surface area contributed by atoms with Gasteiger partial charge in [-0.25, -0.2) is 0 Å². The molecule has 3 atom stereocenters. The zero-order chi connectivity index (χ0) is 26.3. The van der Waals surface area contributed by atoms with Gasteiger partial charge >= 0.3 is 5.97 Å². The number of carbonyl (C=O) groups is 3. The maximum atomic E-state index is 13.6. The summed E-state index contributed by atoms with van der Waals surface area (Å²) in [7, 11) is 0. The van der Waals surface area contributed by atoms with Crippen LogP contribution in [0.1, 0.15) is 61.9 Å². The number of nitrogens with two attached hydrogens (primary N) is 1. The molecule has 3 unspecified atom stereocenters. The largest absolute Gasteiger partial charge is 0.481 e. The maximum Gasteiger partial charge on any atom is 0.303 e. The summed E-state index contributed by atoms with van der Waals surface area (Å²) >= 11 is 0. The third-order valence-corrected chi connectivity index (χ3v) is 7.06. The number of rotatable bonds is 10. The Balaban J connectivity index is 1.76. The Bertz CT molecular complexity index is 1070. The summed E-state index contributed by atoms with van der Waals surface area (Å²) in [6.45, 7) is 4.15. The second-order valence-corrected chi connectivity index (χ2v) is 10.1. The Morgan fingerprint density at radius 2 is 1.83 bits per heavy atom. The van der Waals surface area contributed by atoms with Gasteiger partial charge in [-0.3, -0.25) is 19.8 Å². The molecular formula is C28H36N4O4. The van der Waals surface area contributed by atoms with Crippen LogP contribution in [0.15, 0.2) is 60.8 Å². The van der Waals surface area contributed by atoms with E-state index >= 15 is 0 Å². The quantitative estimate of drug-likeness (QED) is 0.290. The van der Waals surface area contributed by atoms with Crippen molar-refractivity contribution < 1.29 is 19.5 Å². The first-order valence-corrected chi connectivity index (χ1v) is 12.4. The lowest BCUT2D eigenvalue weighted by molar-refractivity contribution is -0.139. The Morgan fingerprint density at radius 3 is 2.39 bits per heavy atom. The predicted octanol–water partition coefficient (Wildman–Crippen LogP) is 3.84. The van der Waals surface area contributed by atoms with Gasteiger partial charge in [-0.05, 0) is 63.5 Å². The van der Waals surface area contributed by atoms with Gasteiger partial charge in [-0.15, -0.1) is 0 Å². The van der Waals surface area contributed by atoms with Crippen LogP contribution in [-0.2, 0) is 9.59 Å². The van der Waals surface area contributed by atoms with E-state index < -0.39 is 17.4 Å². The third kappa shape index (κ3) is 6.93. The number of hydrogen-bond donors (Lipinski definition) is 4. The fraction of sp³-hybridized carbons (Fsp3) is 0.429. The van der Waals surface area contributed by atoms with Gasteiger partial charge in [0, 0.05) is 29.9 Å². The summed E-state index contributed by atoms with van der Waals surface area (Å²) in [5.41, 5.74) is 5.59. The van der Waals surface area contributed by atoms with Crippen LogP contribution in [0.3, 0.4) is 0 Å². The first-order chi connectivity index (χ1) is 17.1. The Labute approximate surface area is 212 Å². The van der Waals surface area contributed by atoms with Gasteiger partial charge in [0.25, 0.3) is 5.91 Å². The third-order valence-electron chi connectivity index (χ3n) is 7.06.